The van der Waals surface area contributed by atoms with Crippen LogP contribution in [-0.4, -0.2) is 47.8 Å². The van der Waals surface area contributed by atoms with Gasteiger partial charge < -0.3 is 19.6 Å². The van der Waals surface area contributed by atoms with E-state index in [1.807, 2.05) is 0 Å². The van der Waals surface area contributed by atoms with E-state index in [-0.39, 0.29) is 0 Å². The third-order valence-electron chi connectivity index (χ3n) is 2.56. The minimum absolute atomic E-state index is 1.19. The number of hydrogen-bond acceptors (Lipinski definition) is 4. The van der Waals surface area contributed by atoms with Crippen LogP contribution in [0, 0.1) is 0 Å². The average molecular weight is 192 g/mol. The van der Waals surface area contributed by atoms with Gasteiger partial charge in [0.2, 0.25) is 0 Å². The summed E-state index contributed by atoms with van der Waals surface area (Å²) in [5, 5.41) is 0. The maximum Gasteiger partial charge on any atom is 0.154 e. The van der Waals surface area contributed by atoms with Gasteiger partial charge in [-0.1, -0.05) is 0 Å². The topological polar surface area (TPSA) is 13.0 Å². The first-order valence-corrected chi connectivity index (χ1v) is 4.63. The SMILES string of the molecule is CN1C=CN(C)C1=C1N(C)C=CN1C. The van der Waals surface area contributed by atoms with E-state index in [1.54, 1.807) is 0 Å². The van der Waals surface area contributed by atoms with Crippen molar-refractivity contribution in [3.05, 3.63) is 36.4 Å². The Bertz CT molecular complexity index is 269. The highest BCUT2D eigenvalue weighted by atomic mass is 15.4. The van der Waals surface area contributed by atoms with Crippen molar-refractivity contribution in [2.24, 2.45) is 0 Å². The van der Waals surface area contributed by atoms with Crippen molar-refractivity contribution in [1.29, 1.82) is 0 Å². The van der Waals surface area contributed by atoms with E-state index in [9.17, 15) is 0 Å². The lowest BCUT2D eigenvalue weighted by Gasteiger charge is -2.27. The molecule has 0 atom stereocenters. The summed E-state index contributed by atoms with van der Waals surface area (Å²) in [5.74, 6) is 2.39. The lowest BCUT2D eigenvalue weighted by Crippen LogP contribution is -2.28. The molecule has 0 N–H and O–H groups in total. The van der Waals surface area contributed by atoms with Crippen LogP contribution < -0.4 is 0 Å². The van der Waals surface area contributed by atoms with E-state index >= 15 is 0 Å². The molecule has 2 aliphatic heterocycles. The summed E-state index contributed by atoms with van der Waals surface area (Å²) in [6, 6.07) is 0. The van der Waals surface area contributed by atoms with Gasteiger partial charge in [0.25, 0.3) is 0 Å². The summed E-state index contributed by atoms with van der Waals surface area (Å²) in [6.07, 6.45) is 8.23. The van der Waals surface area contributed by atoms with Gasteiger partial charge in [-0.25, -0.2) is 0 Å². The maximum absolute atomic E-state index is 2.12. The predicted molar refractivity (Wildman–Crippen MR) is 56.4 cm³/mol. The highest BCUT2D eigenvalue weighted by molar-refractivity contribution is 5.23. The van der Waals surface area contributed by atoms with Gasteiger partial charge >= 0.3 is 0 Å². The van der Waals surface area contributed by atoms with E-state index < -0.39 is 0 Å². The fourth-order valence-electron chi connectivity index (χ4n) is 1.81. The molecule has 0 aliphatic carbocycles. The van der Waals surface area contributed by atoms with Crippen LogP contribution in [0.15, 0.2) is 36.4 Å². The molecule has 0 aromatic carbocycles. The largest absolute Gasteiger partial charge is 0.333 e. The fraction of sp³-hybridized carbons (Fsp3) is 0.400. The van der Waals surface area contributed by atoms with E-state index in [1.165, 1.54) is 11.6 Å². The predicted octanol–water partition coefficient (Wildman–Crippen LogP) is 0.810. The van der Waals surface area contributed by atoms with E-state index in [0.717, 1.165) is 0 Å². The monoisotopic (exact) mass is 192 g/mol. The molecular formula is C10H16N4. The van der Waals surface area contributed by atoms with Crippen molar-refractivity contribution in [3.8, 4) is 0 Å². The Morgan fingerprint density at radius 1 is 0.571 bits per heavy atom. The molecule has 2 rings (SSSR count). The van der Waals surface area contributed by atoms with Gasteiger partial charge in [0.05, 0.1) is 0 Å². The van der Waals surface area contributed by atoms with Crippen molar-refractivity contribution in [3.63, 3.8) is 0 Å². The van der Waals surface area contributed by atoms with Gasteiger partial charge in [0.15, 0.2) is 11.6 Å². The molecule has 2 heterocycles. The zero-order chi connectivity index (χ0) is 10.3. The molecule has 0 saturated heterocycles. The van der Waals surface area contributed by atoms with Crippen molar-refractivity contribution < 1.29 is 0 Å². The van der Waals surface area contributed by atoms with Gasteiger partial charge in [-0.3, -0.25) is 0 Å². The van der Waals surface area contributed by atoms with E-state index in [2.05, 4.69) is 72.6 Å². The Kier molecular flexibility index (Phi) is 1.91. The molecule has 0 unspecified atom stereocenters. The van der Waals surface area contributed by atoms with Crippen LogP contribution in [0.3, 0.4) is 0 Å². The smallest absolute Gasteiger partial charge is 0.154 e. The second kappa shape index (κ2) is 2.97. The normalized spacial score (nSPS) is 20.9. The van der Waals surface area contributed by atoms with Crippen LogP contribution in [0.25, 0.3) is 0 Å². The maximum atomic E-state index is 2.12. The molecule has 0 radical (unpaired) electrons. The summed E-state index contributed by atoms with van der Waals surface area (Å²) in [7, 11) is 8.23. The van der Waals surface area contributed by atoms with E-state index in [4.69, 9.17) is 0 Å². The van der Waals surface area contributed by atoms with Crippen LogP contribution in [-0.2, 0) is 0 Å². The Labute approximate surface area is 85.0 Å². The molecule has 0 aromatic heterocycles. The van der Waals surface area contributed by atoms with Crippen LogP contribution in [0.4, 0.5) is 0 Å². The first kappa shape index (κ1) is 8.99. The molecule has 0 spiro atoms. The highest BCUT2D eigenvalue weighted by Crippen LogP contribution is 2.26. The van der Waals surface area contributed by atoms with Crippen LogP contribution in [0.5, 0.6) is 0 Å². The second-order valence-electron chi connectivity index (χ2n) is 3.69. The van der Waals surface area contributed by atoms with E-state index in [0.29, 0.717) is 0 Å². The molecule has 0 aromatic rings. The zero-order valence-corrected chi connectivity index (χ0v) is 9.10. The number of hydrogen-bond donors (Lipinski definition) is 0. The lowest BCUT2D eigenvalue weighted by molar-refractivity contribution is 0.351. The molecule has 2 aliphatic rings. The summed E-state index contributed by atoms with van der Waals surface area (Å²) < 4.78 is 0. The van der Waals surface area contributed by atoms with Gasteiger partial charge in [-0.2, -0.15) is 0 Å². The number of nitrogens with zero attached hydrogens (tertiary/aromatic N) is 4. The third kappa shape index (κ3) is 1.14. The van der Waals surface area contributed by atoms with Crippen LogP contribution >= 0.6 is 0 Å². The Morgan fingerprint density at radius 2 is 0.786 bits per heavy atom. The minimum atomic E-state index is 1.19. The molecule has 0 bridgehead atoms. The fourth-order valence-corrected chi connectivity index (χ4v) is 1.81. The van der Waals surface area contributed by atoms with Gasteiger partial charge in [-0.15, -0.1) is 0 Å². The van der Waals surface area contributed by atoms with Gasteiger partial charge in [-0.05, 0) is 0 Å². The summed E-state index contributed by atoms with van der Waals surface area (Å²) >= 11 is 0. The minimum Gasteiger partial charge on any atom is -0.333 e. The standard InChI is InChI=1S/C10H16N4/c1-11-5-6-12(2)9(11)10-13(3)7-8-14(10)4/h5-8H,1-4H3. The van der Waals surface area contributed by atoms with Crippen molar-refractivity contribution >= 4 is 0 Å². The van der Waals surface area contributed by atoms with Gasteiger partial charge in [0, 0.05) is 53.0 Å². The molecule has 4 heteroatoms. The zero-order valence-electron chi connectivity index (χ0n) is 9.10. The first-order chi connectivity index (χ1) is 6.61. The third-order valence-corrected chi connectivity index (χ3v) is 2.56. The summed E-state index contributed by atoms with van der Waals surface area (Å²) in [4.78, 5) is 8.48. The quantitative estimate of drug-likeness (QED) is 0.563. The Balaban J connectivity index is 2.40. The summed E-state index contributed by atoms with van der Waals surface area (Å²) in [6.45, 7) is 0. The molecular weight excluding hydrogens is 176 g/mol. The molecule has 14 heavy (non-hydrogen) atoms. The molecule has 0 saturated carbocycles. The van der Waals surface area contributed by atoms with Crippen molar-refractivity contribution in [1.82, 2.24) is 19.6 Å². The van der Waals surface area contributed by atoms with Crippen molar-refractivity contribution in [2.45, 2.75) is 0 Å². The molecule has 76 valence electrons. The average Bonchev–Trinajstić information content (AvgIpc) is 2.60. The second-order valence-corrected chi connectivity index (χ2v) is 3.69. The van der Waals surface area contributed by atoms with Crippen LogP contribution in [0.2, 0.25) is 0 Å². The number of rotatable bonds is 0. The molecule has 4 nitrogen and oxygen atoms in total. The first-order valence-electron chi connectivity index (χ1n) is 4.63. The highest BCUT2D eigenvalue weighted by Gasteiger charge is 2.24. The lowest BCUT2D eigenvalue weighted by atomic mass is 10.5. The van der Waals surface area contributed by atoms with Crippen LogP contribution in [0.1, 0.15) is 0 Å². The Morgan fingerprint density at radius 3 is 1.00 bits per heavy atom. The van der Waals surface area contributed by atoms with Crippen molar-refractivity contribution in [2.75, 3.05) is 28.2 Å². The van der Waals surface area contributed by atoms with Gasteiger partial charge in [0.1, 0.15) is 0 Å². The summed E-state index contributed by atoms with van der Waals surface area (Å²) in [5.41, 5.74) is 0. The molecule has 0 fully saturated rings. The Hall–Kier alpha value is -1.58. The molecule has 0 amide bonds.